The molecular formula is C19H15BrN2O3. The van der Waals surface area contributed by atoms with E-state index in [0.717, 1.165) is 10.0 Å². The molecule has 1 atom stereocenters. The number of hydrogen-bond donors (Lipinski definition) is 2. The second-order valence-electron chi connectivity index (χ2n) is 5.26. The summed E-state index contributed by atoms with van der Waals surface area (Å²) < 4.78 is 6.62. The molecule has 0 spiro atoms. The Kier molecular flexibility index (Phi) is 5.42. The highest BCUT2D eigenvalue weighted by molar-refractivity contribution is 9.10. The van der Waals surface area contributed by atoms with Crippen LogP contribution >= 0.6 is 15.9 Å². The van der Waals surface area contributed by atoms with E-state index >= 15 is 0 Å². The Morgan fingerprint density at radius 1 is 1.12 bits per heavy atom. The summed E-state index contributed by atoms with van der Waals surface area (Å²) in [6.45, 7) is 0. The van der Waals surface area contributed by atoms with E-state index < -0.39 is 12.0 Å². The fraction of sp³-hybridized carbons (Fsp3) is 0.0526. The van der Waals surface area contributed by atoms with Gasteiger partial charge in [-0.25, -0.2) is 5.43 Å². The van der Waals surface area contributed by atoms with Gasteiger partial charge in [0.15, 0.2) is 6.10 Å². The van der Waals surface area contributed by atoms with Crippen LogP contribution in [0.1, 0.15) is 17.4 Å². The summed E-state index contributed by atoms with van der Waals surface area (Å²) >= 11 is 3.42. The van der Waals surface area contributed by atoms with Gasteiger partial charge in [-0.2, -0.15) is 5.10 Å². The van der Waals surface area contributed by atoms with Crippen LogP contribution in [-0.2, 0) is 4.79 Å². The van der Waals surface area contributed by atoms with Gasteiger partial charge in [0, 0.05) is 10.0 Å². The molecule has 0 fully saturated rings. The van der Waals surface area contributed by atoms with Crippen LogP contribution in [0.5, 0.6) is 0 Å². The van der Waals surface area contributed by atoms with E-state index in [4.69, 9.17) is 4.42 Å². The smallest absolute Gasteiger partial charge is 0.273 e. The highest BCUT2D eigenvalue weighted by atomic mass is 79.9. The molecular weight excluding hydrogens is 384 g/mol. The minimum atomic E-state index is -1.27. The first kappa shape index (κ1) is 17.1. The van der Waals surface area contributed by atoms with Crippen molar-refractivity contribution in [3.63, 3.8) is 0 Å². The van der Waals surface area contributed by atoms with Crippen molar-refractivity contribution >= 4 is 28.1 Å². The molecule has 2 N–H and O–H groups in total. The lowest BCUT2D eigenvalue weighted by molar-refractivity contribution is -0.129. The van der Waals surface area contributed by atoms with Gasteiger partial charge in [-0.05, 0) is 29.8 Å². The summed E-state index contributed by atoms with van der Waals surface area (Å²) in [6.07, 6.45) is 0.115. The fourth-order valence-electron chi connectivity index (χ4n) is 2.23. The molecule has 25 heavy (non-hydrogen) atoms. The zero-order chi connectivity index (χ0) is 17.6. The molecule has 2 aromatic carbocycles. The monoisotopic (exact) mass is 398 g/mol. The van der Waals surface area contributed by atoms with Crippen LogP contribution in [0.15, 0.2) is 80.7 Å². The van der Waals surface area contributed by atoms with Gasteiger partial charge in [0.2, 0.25) is 0 Å². The number of hydrogen-bond acceptors (Lipinski definition) is 4. The van der Waals surface area contributed by atoms with E-state index in [-0.39, 0.29) is 0 Å². The first-order valence-corrected chi connectivity index (χ1v) is 8.34. The second-order valence-corrected chi connectivity index (χ2v) is 6.18. The zero-order valence-corrected chi connectivity index (χ0v) is 14.7. The number of aliphatic hydroxyl groups excluding tert-OH is 1. The summed E-state index contributed by atoms with van der Waals surface area (Å²) in [6, 6.07) is 20.0. The van der Waals surface area contributed by atoms with Crippen molar-refractivity contribution in [3.8, 4) is 11.3 Å². The number of amides is 1. The van der Waals surface area contributed by atoms with Gasteiger partial charge in [-0.1, -0.05) is 58.4 Å². The third-order valence-corrected chi connectivity index (χ3v) is 3.96. The summed E-state index contributed by atoms with van der Waals surface area (Å²) in [5.74, 6) is 0.573. The first-order chi connectivity index (χ1) is 12.1. The molecule has 0 saturated heterocycles. The van der Waals surface area contributed by atoms with Crippen molar-refractivity contribution < 1.29 is 14.3 Å². The van der Waals surface area contributed by atoms with E-state index in [1.807, 2.05) is 36.4 Å². The molecule has 3 rings (SSSR count). The van der Waals surface area contributed by atoms with Crippen LogP contribution in [0.4, 0.5) is 0 Å². The fourth-order valence-corrected chi connectivity index (χ4v) is 2.63. The lowest BCUT2D eigenvalue weighted by Gasteiger charge is -2.08. The number of aliphatic hydroxyl groups is 1. The number of nitrogens with one attached hydrogen (secondary N) is 1. The third-order valence-electron chi connectivity index (χ3n) is 3.47. The minimum Gasteiger partial charge on any atom is -0.455 e. The topological polar surface area (TPSA) is 74.8 Å². The predicted molar refractivity (Wildman–Crippen MR) is 99.0 cm³/mol. The molecule has 126 valence electrons. The van der Waals surface area contributed by atoms with Crippen LogP contribution in [0, 0.1) is 0 Å². The molecule has 0 bridgehead atoms. The molecule has 0 saturated carbocycles. The first-order valence-electron chi connectivity index (χ1n) is 7.55. The van der Waals surface area contributed by atoms with Gasteiger partial charge >= 0.3 is 0 Å². The van der Waals surface area contributed by atoms with E-state index in [0.29, 0.717) is 17.1 Å². The molecule has 6 heteroatoms. The molecule has 0 aliphatic heterocycles. The summed E-state index contributed by atoms with van der Waals surface area (Å²) in [5.41, 5.74) is 3.73. The van der Waals surface area contributed by atoms with Crippen molar-refractivity contribution in [2.45, 2.75) is 6.10 Å². The van der Waals surface area contributed by atoms with Crippen molar-refractivity contribution in [1.29, 1.82) is 0 Å². The zero-order valence-electron chi connectivity index (χ0n) is 13.1. The number of benzene rings is 2. The number of halogens is 1. The largest absolute Gasteiger partial charge is 0.455 e. The molecule has 1 amide bonds. The van der Waals surface area contributed by atoms with E-state index in [9.17, 15) is 9.90 Å². The molecule has 0 aliphatic carbocycles. The van der Waals surface area contributed by atoms with Gasteiger partial charge in [0.1, 0.15) is 11.5 Å². The Morgan fingerprint density at radius 2 is 1.92 bits per heavy atom. The normalized spacial score (nSPS) is 12.2. The number of hydrazone groups is 1. The Hall–Kier alpha value is -2.70. The van der Waals surface area contributed by atoms with Gasteiger partial charge < -0.3 is 9.52 Å². The molecule has 1 aromatic heterocycles. The number of furan rings is 1. The van der Waals surface area contributed by atoms with E-state index in [2.05, 4.69) is 26.5 Å². The maximum Gasteiger partial charge on any atom is 0.273 e. The van der Waals surface area contributed by atoms with Crippen LogP contribution in [0.25, 0.3) is 11.3 Å². The standard InChI is InChI=1S/C19H15BrN2O3/c20-15-8-4-7-14(11-15)17-10-9-16(25-17)12-21-22-19(24)18(23)13-5-2-1-3-6-13/h1-12,18,23H,(H,22,24)/b21-12-/t18-/m0/s1. The van der Waals surface area contributed by atoms with Gasteiger partial charge in [-0.15, -0.1) is 0 Å². The minimum absolute atomic E-state index is 0.490. The predicted octanol–water partition coefficient (Wildman–Crippen LogP) is 3.89. The highest BCUT2D eigenvalue weighted by Gasteiger charge is 2.16. The molecule has 0 aliphatic rings. The molecule has 1 heterocycles. The Morgan fingerprint density at radius 3 is 2.68 bits per heavy atom. The number of nitrogens with zero attached hydrogens (tertiary/aromatic N) is 1. The molecule has 3 aromatic rings. The van der Waals surface area contributed by atoms with E-state index in [1.54, 1.807) is 30.3 Å². The summed E-state index contributed by atoms with van der Waals surface area (Å²) in [4.78, 5) is 11.9. The lowest BCUT2D eigenvalue weighted by Crippen LogP contribution is -2.25. The average molecular weight is 399 g/mol. The van der Waals surface area contributed by atoms with Gasteiger partial charge in [0.05, 0.1) is 6.21 Å². The Bertz CT molecular complexity index is 890. The lowest BCUT2D eigenvalue weighted by atomic mass is 10.1. The maximum absolute atomic E-state index is 11.9. The van der Waals surface area contributed by atoms with Crippen LogP contribution in [-0.4, -0.2) is 17.2 Å². The summed E-state index contributed by atoms with van der Waals surface area (Å²) in [5, 5.41) is 13.8. The van der Waals surface area contributed by atoms with Crippen molar-refractivity contribution in [2.75, 3.05) is 0 Å². The quantitative estimate of drug-likeness (QED) is 0.505. The van der Waals surface area contributed by atoms with Crippen LogP contribution in [0.3, 0.4) is 0 Å². The van der Waals surface area contributed by atoms with Crippen LogP contribution in [0.2, 0.25) is 0 Å². The Labute approximate surface area is 153 Å². The van der Waals surface area contributed by atoms with E-state index in [1.165, 1.54) is 6.21 Å². The van der Waals surface area contributed by atoms with Crippen LogP contribution < -0.4 is 5.43 Å². The third kappa shape index (κ3) is 4.43. The van der Waals surface area contributed by atoms with Crippen molar-refractivity contribution in [3.05, 3.63) is 82.5 Å². The van der Waals surface area contributed by atoms with Crippen molar-refractivity contribution in [1.82, 2.24) is 5.43 Å². The number of carbonyl (C=O) groups is 1. The highest BCUT2D eigenvalue weighted by Crippen LogP contribution is 2.24. The SMILES string of the molecule is O=C(N/N=C\c1ccc(-c2cccc(Br)c2)o1)[C@@H](O)c1ccccc1. The maximum atomic E-state index is 11.9. The Balaban J connectivity index is 1.62. The summed E-state index contributed by atoms with van der Waals surface area (Å²) in [7, 11) is 0. The number of carbonyl (C=O) groups excluding carboxylic acids is 1. The van der Waals surface area contributed by atoms with Gasteiger partial charge in [-0.3, -0.25) is 4.79 Å². The molecule has 0 radical (unpaired) electrons. The molecule has 5 nitrogen and oxygen atoms in total. The van der Waals surface area contributed by atoms with Crippen molar-refractivity contribution in [2.24, 2.45) is 5.10 Å². The second kappa shape index (κ2) is 7.92. The average Bonchev–Trinajstić information content (AvgIpc) is 3.11. The molecule has 0 unspecified atom stereocenters. The van der Waals surface area contributed by atoms with Gasteiger partial charge in [0.25, 0.3) is 5.91 Å². The number of rotatable bonds is 5.